The second-order valence-electron chi connectivity index (χ2n) is 8.52. The van der Waals surface area contributed by atoms with E-state index in [9.17, 15) is 9.59 Å². The summed E-state index contributed by atoms with van der Waals surface area (Å²) in [6.07, 6.45) is 2.75. The molecule has 0 aliphatic heterocycles. The summed E-state index contributed by atoms with van der Waals surface area (Å²) in [5.41, 5.74) is 1.96. The summed E-state index contributed by atoms with van der Waals surface area (Å²) in [6, 6.07) is 16.6. The van der Waals surface area contributed by atoms with Crippen LogP contribution >= 0.6 is 11.8 Å². The van der Waals surface area contributed by atoms with E-state index < -0.39 is 0 Å². The molecule has 0 saturated heterocycles. The number of amides is 2. The molecule has 2 amide bonds. The lowest BCUT2D eigenvalue weighted by atomic mass is 10.1. The van der Waals surface area contributed by atoms with Gasteiger partial charge < -0.3 is 15.2 Å². The number of hydrogen-bond acceptors (Lipinski definition) is 4. The van der Waals surface area contributed by atoms with Gasteiger partial charge in [0.25, 0.3) is 5.91 Å². The first kappa shape index (κ1) is 22.9. The average molecular weight is 439 g/mol. The third kappa shape index (κ3) is 6.10. The Labute approximate surface area is 187 Å². The predicted octanol–water partition coefficient (Wildman–Crippen LogP) is 4.18. The highest BCUT2D eigenvalue weighted by Crippen LogP contribution is 2.24. The van der Waals surface area contributed by atoms with Crippen LogP contribution in [0.5, 0.6) is 0 Å². The van der Waals surface area contributed by atoms with E-state index in [-0.39, 0.29) is 29.9 Å². The minimum absolute atomic E-state index is 0.0881. The van der Waals surface area contributed by atoms with Gasteiger partial charge in [0.05, 0.1) is 17.1 Å². The third-order valence-electron chi connectivity index (χ3n) is 4.76. The van der Waals surface area contributed by atoms with Gasteiger partial charge in [-0.3, -0.25) is 9.59 Å². The molecule has 0 aliphatic rings. The summed E-state index contributed by atoms with van der Waals surface area (Å²) >= 11 is 1.71. The van der Waals surface area contributed by atoms with Gasteiger partial charge in [-0.25, -0.2) is 4.98 Å². The topological polar surface area (TPSA) is 76.0 Å². The molecule has 2 N–H and O–H groups in total. The van der Waals surface area contributed by atoms with Crippen LogP contribution in [0.1, 0.15) is 49.4 Å². The van der Waals surface area contributed by atoms with Gasteiger partial charge in [0.15, 0.2) is 0 Å². The zero-order valence-corrected chi connectivity index (χ0v) is 19.3. The lowest BCUT2D eigenvalue weighted by Crippen LogP contribution is -2.42. The second kappa shape index (κ2) is 10.0. The molecular formula is C24H30N4O2S. The fourth-order valence-corrected chi connectivity index (χ4v) is 3.93. The van der Waals surface area contributed by atoms with Crippen LogP contribution in [0.15, 0.2) is 54.6 Å². The van der Waals surface area contributed by atoms with Crippen molar-refractivity contribution in [3.63, 3.8) is 0 Å². The predicted molar refractivity (Wildman–Crippen MR) is 127 cm³/mol. The number of para-hydroxylation sites is 2. The molecule has 2 aromatic carbocycles. The summed E-state index contributed by atoms with van der Waals surface area (Å²) in [5, 5.41) is 6.16. The number of carbonyl (C=O) groups excluding carboxylic acids is 2. The van der Waals surface area contributed by atoms with Gasteiger partial charge in [-0.2, -0.15) is 11.8 Å². The van der Waals surface area contributed by atoms with E-state index in [1.807, 2.05) is 74.1 Å². The number of carbonyl (C=O) groups is 2. The molecule has 1 aromatic heterocycles. The van der Waals surface area contributed by atoms with Crippen LogP contribution in [0.4, 0.5) is 0 Å². The van der Waals surface area contributed by atoms with E-state index in [0.29, 0.717) is 17.8 Å². The SMILES string of the molecule is CSCC[C@@H](NC(=O)c1ccccc1)c1nc2ccccc2n1CC(=O)NC(C)(C)C. The van der Waals surface area contributed by atoms with E-state index in [2.05, 4.69) is 10.6 Å². The van der Waals surface area contributed by atoms with Gasteiger partial charge in [0, 0.05) is 11.1 Å². The van der Waals surface area contributed by atoms with E-state index in [0.717, 1.165) is 16.8 Å². The van der Waals surface area contributed by atoms with Crippen molar-refractivity contribution in [3.8, 4) is 0 Å². The molecule has 3 rings (SSSR count). The zero-order valence-electron chi connectivity index (χ0n) is 18.5. The lowest BCUT2D eigenvalue weighted by molar-refractivity contribution is -0.123. The number of nitrogens with zero attached hydrogens (tertiary/aromatic N) is 2. The van der Waals surface area contributed by atoms with Crippen molar-refractivity contribution in [2.75, 3.05) is 12.0 Å². The van der Waals surface area contributed by atoms with Crippen LogP contribution < -0.4 is 10.6 Å². The molecule has 0 aliphatic carbocycles. The van der Waals surface area contributed by atoms with Crippen molar-refractivity contribution in [2.24, 2.45) is 0 Å². The first-order valence-corrected chi connectivity index (χ1v) is 11.8. The summed E-state index contributed by atoms with van der Waals surface area (Å²) in [6.45, 7) is 6.02. The molecule has 3 aromatic rings. The van der Waals surface area contributed by atoms with Crippen LogP contribution in [0.2, 0.25) is 0 Å². The number of hydrogen-bond donors (Lipinski definition) is 2. The Bertz CT molecular complexity index is 1040. The number of imidazole rings is 1. The summed E-state index contributed by atoms with van der Waals surface area (Å²) < 4.78 is 1.92. The number of thioether (sulfide) groups is 1. The molecule has 1 atom stereocenters. The molecule has 7 heteroatoms. The van der Waals surface area contributed by atoms with Crippen molar-refractivity contribution >= 4 is 34.6 Å². The standard InChI is InChI=1S/C24H30N4O2S/c1-24(2,3)27-21(29)16-28-20-13-9-8-12-18(20)25-22(28)19(14-15-31-4)26-23(30)17-10-6-5-7-11-17/h5-13,19H,14-16H2,1-4H3,(H,26,30)(H,27,29)/t19-/m1/s1. The van der Waals surface area contributed by atoms with Gasteiger partial charge in [-0.15, -0.1) is 0 Å². The van der Waals surface area contributed by atoms with E-state index in [1.54, 1.807) is 23.9 Å². The van der Waals surface area contributed by atoms with E-state index in [4.69, 9.17) is 4.98 Å². The number of rotatable bonds is 8. The fraction of sp³-hybridized carbons (Fsp3) is 0.375. The van der Waals surface area contributed by atoms with E-state index >= 15 is 0 Å². The fourth-order valence-electron chi connectivity index (χ4n) is 3.46. The first-order valence-electron chi connectivity index (χ1n) is 10.4. The Hall–Kier alpha value is -2.80. The highest BCUT2D eigenvalue weighted by atomic mass is 32.2. The van der Waals surface area contributed by atoms with Crippen molar-refractivity contribution in [2.45, 2.75) is 45.3 Å². The molecule has 0 bridgehead atoms. The minimum atomic E-state index is -0.326. The highest BCUT2D eigenvalue weighted by molar-refractivity contribution is 7.98. The number of benzene rings is 2. The van der Waals surface area contributed by atoms with Gasteiger partial charge in [0.1, 0.15) is 12.4 Å². The average Bonchev–Trinajstić information content (AvgIpc) is 3.08. The highest BCUT2D eigenvalue weighted by Gasteiger charge is 2.24. The molecule has 0 spiro atoms. The molecule has 0 radical (unpaired) electrons. The van der Waals surface area contributed by atoms with Crippen LogP contribution in [-0.2, 0) is 11.3 Å². The van der Waals surface area contributed by atoms with Gasteiger partial charge in [0.2, 0.25) is 5.91 Å². The first-order chi connectivity index (χ1) is 14.8. The van der Waals surface area contributed by atoms with E-state index in [1.165, 1.54) is 0 Å². The molecule has 0 unspecified atom stereocenters. The van der Waals surface area contributed by atoms with Crippen molar-refractivity contribution < 1.29 is 9.59 Å². The van der Waals surface area contributed by atoms with Crippen LogP contribution in [0.3, 0.4) is 0 Å². The van der Waals surface area contributed by atoms with Gasteiger partial charge in [-0.05, 0) is 63.5 Å². The molecule has 1 heterocycles. The largest absolute Gasteiger partial charge is 0.350 e. The summed E-state index contributed by atoms with van der Waals surface area (Å²) in [7, 11) is 0. The summed E-state index contributed by atoms with van der Waals surface area (Å²) in [4.78, 5) is 30.5. The molecule has 0 saturated carbocycles. The maximum absolute atomic E-state index is 12.9. The second-order valence-corrected chi connectivity index (χ2v) is 9.50. The van der Waals surface area contributed by atoms with Crippen LogP contribution in [0, 0.1) is 0 Å². The Kier molecular flexibility index (Phi) is 7.38. The number of nitrogens with one attached hydrogen (secondary N) is 2. The van der Waals surface area contributed by atoms with Crippen LogP contribution in [-0.4, -0.2) is 38.9 Å². The van der Waals surface area contributed by atoms with Crippen LogP contribution in [0.25, 0.3) is 11.0 Å². The quantitative estimate of drug-likeness (QED) is 0.553. The number of aromatic nitrogens is 2. The van der Waals surface area contributed by atoms with Gasteiger partial charge >= 0.3 is 0 Å². The normalized spacial score (nSPS) is 12.5. The van der Waals surface area contributed by atoms with Crippen molar-refractivity contribution in [3.05, 3.63) is 66.0 Å². The Morgan fingerprint density at radius 2 is 1.74 bits per heavy atom. The zero-order chi connectivity index (χ0) is 22.4. The molecule has 0 fully saturated rings. The lowest BCUT2D eigenvalue weighted by Gasteiger charge is -2.23. The van der Waals surface area contributed by atoms with Crippen molar-refractivity contribution in [1.29, 1.82) is 0 Å². The monoisotopic (exact) mass is 438 g/mol. The molecule has 164 valence electrons. The Morgan fingerprint density at radius 3 is 2.42 bits per heavy atom. The molecular weight excluding hydrogens is 408 g/mol. The smallest absolute Gasteiger partial charge is 0.251 e. The number of fused-ring (bicyclic) bond motifs is 1. The van der Waals surface area contributed by atoms with Crippen molar-refractivity contribution in [1.82, 2.24) is 20.2 Å². The third-order valence-corrected chi connectivity index (χ3v) is 5.41. The maximum Gasteiger partial charge on any atom is 0.251 e. The Morgan fingerprint density at radius 1 is 1.06 bits per heavy atom. The molecule has 31 heavy (non-hydrogen) atoms. The summed E-state index contributed by atoms with van der Waals surface area (Å²) in [5.74, 6) is 1.32. The Balaban J connectivity index is 1.97. The minimum Gasteiger partial charge on any atom is -0.350 e. The molecule has 6 nitrogen and oxygen atoms in total. The maximum atomic E-state index is 12.9. The van der Waals surface area contributed by atoms with Gasteiger partial charge in [-0.1, -0.05) is 30.3 Å².